The van der Waals surface area contributed by atoms with Crippen LogP contribution in [0.25, 0.3) is 0 Å². The van der Waals surface area contributed by atoms with Gasteiger partial charge in [-0.25, -0.2) is 0 Å². The highest BCUT2D eigenvalue weighted by Crippen LogP contribution is 2.10. The van der Waals surface area contributed by atoms with Gasteiger partial charge in [0.25, 0.3) is 0 Å². The summed E-state index contributed by atoms with van der Waals surface area (Å²) < 4.78 is 6.29. The monoisotopic (exact) mass is 304 g/mol. The molecule has 1 rings (SSSR count). The molecule has 1 N–H and O–H groups in total. The van der Waals surface area contributed by atoms with Crippen LogP contribution in [0.3, 0.4) is 0 Å². The molecule has 76 valence electrons. The molecule has 3 nitrogen and oxygen atoms in total. The molecule has 0 aromatic carbocycles. The number of furan rings is 1. The molecule has 4 heteroatoms. The Morgan fingerprint density at radius 2 is 2.43 bits per heavy atom. The Hall–Kier alpha value is -0.540. The number of hydrogen-bond donors (Lipinski definition) is 1. The van der Waals surface area contributed by atoms with E-state index in [0.29, 0.717) is 13.0 Å². The average molecular weight is 304 g/mol. The van der Waals surface area contributed by atoms with E-state index in [1.165, 1.54) is 0 Å². The zero-order chi connectivity index (χ0) is 10.4. The Bertz CT molecular complexity index is 316. The summed E-state index contributed by atoms with van der Waals surface area (Å²) in [5, 5.41) is 11.8. The van der Waals surface area contributed by atoms with Crippen molar-refractivity contribution >= 4 is 22.6 Å². The molecule has 0 aliphatic carbocycles. The van der Waals surface area contributed by atoms with Crippen LogP contribution in [0.15, 0.2) is 16.5 Å². The Kier molecular flexibility index (Phi) is 4.98. The summed E-state index contributed by atoms with van der Waals surface area (Å²) in [5.41, 5.74) is 0. The first-order valence-corrected chi connectivity index (χ1v) is 5.68. The highest BCUT2D eigenvalue weighted by atomic mass is 127. The Morgan fingerprint density at radius 1 is 1.64 bits per heavy atom. The molecule has 0 radical (unpaired) electrons. The van der Waals surface area contributed by atoms with E-state index >= 15 is 0 Å². The van der Waals surface area contributed by atoms with Gasteiger partial charge in [0.1, 0.15) is 5.76 Å². The third kappa shape index (κ3) is 3.68. The van der Waals surface area contributed by atoms with E-state index in [0.717, 1.165) is 15.9 Å². The highest BCUT2D eigenvalue weighted by Gasteiger charge is 2.06. The maximum atomic E-state index is 8.55. The maximum Gasteiger partial charge on any atom is 0.164 e. The third-order valence-corrected chi connectivity index (χ3v) is 2.60. The molecule has 0 bridgehead atoms. The van der Waals surface area contributed by atoms with E-state index in [4.69, 9.17) is 9.68 Å². The van der Waals surface area contributed by atoms with Gasteiger partial charge in [-0.15, -0.1) is 0 Å². The van der Waals surface area contributed by atoms with Crippen molar-refractivity contribution in [1.82, 2.24) is 5.32 Å². The molecule has 1 unspecified atom stereocenters. The number of nitrogens with one attached hydrogen (secondary N) is 1. The van der Waals surface area contributed by atoms with Gasteiger partial charge < -0.3 is 9.73 Å². The summed E-state index contributed by atoms with van der Waals surface area (Å²) in [4.78, 5) is 0. The van der Waals surface area contributed by atoms with Gasteiger partial charge in [-0.05, 0) is 41.1 Å². The van der Waals surface area contributed by atoms with E-state index in [2.05, 4.69) is 40.9 Å². The van der Waals surface area contributed by atoms with Crippen molar-refractivity contribution in [3.8, 4) is 6.07 Å². The minimum atomic E-state index is 0.266. The van der Waals surface area contributed by atoms with E-state index in [9.17, 15) is 0 Å². The first kappa shape index (κ1) is 11.5. The molecule has 1 atom stereocenters. The normalized spacial score (nSPS) is 12.4. The van der Waals surface area contributed by atoms with Crippen molar-refractivity contribution in [2.24, 2.45) is 0 Å². The summed E-state index contributed by atoms with van der Waals surface area (Å²) in [6, 6.07) is 6.32. The van der Waals surface area contributed by atoms with Gasteiger partial charge in [0.05, 0.1) is 19.0 Å². The fourth-order valence-corrected chi connectivity index (χ4v) is 1.63. The lowest BCUT2D eigenvalue weighted by Gasteiger charge is -2.11. The van der Waals surface area contributed by atoms with Crippen LogP contribution in [0.5, 0.6) is 0 Å². The van der Waals surface area contributed by atoms with Crippen molar-refractivity contribution in [2.45, 2.75) is 32.4 Å². The molecule has 0 aliphatic heterocycles. The highest BCUT2D eigenvalue weighted by molar-refractivity contribution is 14.1. The fourth-order valence-electron chi connectivity index (χ4n) is 1.16. The van der Waals surface area contributed by atoms with Gasteiger partial charge >= 0.3 is 0 Å². The van der Waals surface area contributed by atoms with E-state index in [-0.39, 0.29) is 6.04 Å². The van der Waals surface area contributed by atoms with Crippen molar-refractivity contribution < 1.29 is 4.42 Å². The van der Waals surface area contributed by atoms with Gasteiger partial charge in [0.2, 0.25) is 0 Å². The van der Waals surface area contributed by atoms with Gasteiger partial charge in [-0.3, -0.25) is 0 Å². The molecule has 1 aromatic heterocycles. The Labute approximate surface area is 97.6 Å². The van der Waals surface area contributed by atoms with Crippen LogP contribution in [-0.2, 0) is 6.54 Å². The molecular formula is C10H13IN2O. The van der Waals surface area contributed by atoms with Gasteiger partial charge in [-0.1, -0.05) is 6.92 Å². The Morgan fingerprint density at radius 3 is 2.93 bits per heavy atom. The second kappa shape index (κ2) is 6.04. The van der Waals surface area contributed by atoms with E-state index < -0.39 is 0 Å². The molecule has 0 amide bonds. The average Bonchev–Trinajstić information content (AvgIpc) is 2.59. The number of nitriles is 1. The lowest BCUT2D eigenvalue weighted by molar-refractivity contribution is 0.427. The zero-order valence-corrected chi connectivity index (χ0v) is 10.2. The molecule has 1 aromatic rings. The van der Waals surface area contributed by atoms with Crippen molar-refractivity contribution in [1.29, 1.82) is 5.26 Å². The topological polar surface area (TPSA) is 49.0 Å². The lowest BCUT2D eigenvalue weighted by atomic mass is 10.1. The summed E-state index contributed by atoms with van der Waals surface area (Å²) in [6.45, 7) is 2.77. The second-order valence-electron chi connectivity index (χ2n) is 3.05. The van der Waals surface area contributed by atoms with Gasteiger partial charge in [0, 0.05) is 6.04 Å². The van der Waals surface area contributed by atoms with Crippen LogP contribution in [0.2, 0.25) is 0 Å². The quantitative estimate of drug-likeness (QED) is 0.851. The van der Waals surface area contributed by atoms with Gasteiger partial charge in [0.15, 0.2) is 3.77 Å². The predicted octanol–water partition coefficient (Wildman–Crippen LogP) is 2.67. The van der Waals surface area contributed by atoms with Crippen molar-refractivity contribution in [2.75, 3.05) is 0 Å². The van der Waals surface area contributed by atoms with Crippen LogP contribution in [0.1, 0.15) is 25.5 Å². The molecule has 0 aliphatic rings. The SMILES string of the molecule is CCC(CC#N)NCc1ccc(I)o1. The van der Waals surface area contributed by atoms with E-state index in [1.807, 2.05) is 12.1 Å². The number of nitrogens with zero attached hydrogens (tertiary/aromatic N) is 1. The van der Waals surface area contributed by atoms with Crippen LogP contribution in [-0.4, -0.2) is 6.04 Å². The largest absolute Gasteiger partial charge is 0.454 e. The maximum absolute atomic E-state index is 8.55. The minimum absolute atomic E-state index is 0.266. The summed E-state index contributed by atoms with van der Waals surface area (Å²) in [5.74, 6) is 0.922. The molecule has 0 fully saturated rings. The molecular weight excluding hydrogens is 291 g/mol. The first-order chi connectivity index (χ1) is 6.76. The number of hydrogen-bond acceptors (Lipinski definition) is 3. The molecule has 0 spiro atoms. The minimum Gasteiger partial charge on any atom is -0.454 e. The molecule has 0 saturated carbocycles. The second-order valence-corrected chi connectivity index (χ2v) is 4.12. The summed E-state index contributed by atoms with van der Waals surface area (Å²) >= 11 is 2.14. The Balaban J connectivity index is 2.36. The molecule has 0 saturated heterocycles. The van der Waals surface area contributed by atoms with Gasteiger partial charge in [-0.2, -0.15) is 5.26 Å². The standard InChI is InChI=1S/C10H13IN2O/c1-2-8(5-6-12)13-7-9-3-4-10(11)14-9/h3-4,8,13H,2,5,7H2,1H3. The third-order valence-electron chi connectivity index (χ3n) is 2.02. The molecule has 1 heterocycles. The van der Waals surface area contributed by atoms with Crippen molar-refractivity contribution in [3.63, 3.8) is 0 Å². The zero-order valence-electron chi connectivity index (χ0n) is 8.09. The van der Waals surface area contributed by atoms with E-state index in [1.54, 1.807) is 0 Å². The summed E-state index contributed by atoms with van der Waals surface area (Å²) in [6.07, 6.45) is 1.51. The van der Waals surface area contributed by atoms with Crippen molar-refractivity contribution in [3.05, 3.63) is 21.7 Å². The predicted molar refractivity (Wildman–Crippen MR) is 62.6 cm³/mol. The van der Waals surface area contributed by atoms with Crippen LogP contribution in [0.4, 0.5) is 0 Å². The number of rotatable bonds is 5. The lowest BCUT2D eigenvalue weighted by Crippen LogP contribution is -2.27. The smallest absolute Gasteiger partial charge is 0.164 e. The fraction of sp³-hybridized carbons (Fsp3) is 0.500. The van der Waals surface area contributed by atoms with Crippen LogP contribution < -0.4 is 5.32 Å². The van der Waals surface area contributed by atoms with Crippen LogP contribution >= 0.6 is 22.6 Å². The first-order valence-electron chi connectivity index (χ1n) is 4.60. The summed E-state index contributed by atoms with van der Waals surface area (Å²) in [7, 11) is 0. The van der Waals surface area contributed by atoms with Crippen LogP contribution in [0, 0.1) is 15.1 Å². The number of halogens is 1. The molecule has 14 heavy (non-hydrogen) atoms.